The van der Waals surface area contributed by atoms with E-state index in [1.54, 1.807) is 0 Å². The molecule has 0 nitrogen and oxygen atoms in total. The zero-order valence-electron chi connectivity index (χ0n) is 12.8. The molecule has 0 amide bonds. The summed E-state index contributed by atoms with van der Waals surface area (Å²) in [5.74, 6) is -12.3. The van der Waals surface area contributed by atoms with E-state index in [0.717, 1.165) is 48.5 Å². The molecule has 0 unspecified atom stereocenters. The van der Waals surface area contributed by atoms with E-state index in [1.165, 1.54) is 0 Å². The minimum atomic E-state index is -2.29. The lowest BCUT2D eigenvalue weighted by Crippen LogP contribution is -2.14. The predicted octanol–water partition coefficient (Wildman–Crippen LogP) is 5.68. The molecule has 0 spiro atoms. The van der Waals surface area contributed by atoms with Crippen LogP contribution in [0.5, 0.6) is 0 Å². The maximum absolute atomic E-state index is 14.3. The molecular weight excluding hydrogens is 361 g/mol. The molecule has 0 fully saturated rings. The van der Waals surface area contributed by atoms with Gasteiger partial charge in [-0.1, -0.05) is 24.3 Å². The lowest BCUT2D eigenvalue weighted by molar-refractivity contribution is 0.373. The highest BCUT2D eigenvalue weighted by Crippen LogP contribution is 2.37. The van der Waals surface area contributed by atoms with E-state index in [0.29, 0.717) is 0 Å². The molecule has 0 aromatic heterocycles. The van der Waals surface area contributed by atoms with Crippen molar-refractivity contribution in [1.29, 1.82) is 0 Å². The maximum atomic E-state index is 14.3. The molecule has 3 aromatic carbocycles. The molecule has 1 radical (unpaired) electrons. The Morgan fingerprint density at radius 1 is 0.423 bits per heavy atom. The number of rotatable bonds is 3. The first-order chi connectivity index (χ1) is 12.3. The zero-order valence-corrected chi connectivity index (χ0v) is 12.8. The summed E-state index contributed by atoms with van der Waals surface area (Å²) in [5.41, 5.74) is -1.21. The Balaban J connectivity index is 2.32. The van der Waals surface area contributed by atoms with Crippen LogP contribution in [-0.2, 0) is 0 Å². The summed E-state index contributed by atoms with van der Waals surface area (Å²) in [6.45, 7) is 0. The number of hydrogen-bond acceptors (Lipinski definition) is 0. The van der Waals surface area contributed by atoms with Gasteiger partial charge >= 0.3 is 0 Å². The van der Waals surface area contributed by atoms with Crippen molar-refractivity contribution < 1.29 is 30.7 Å². The fourth-order valence-electron chi connectivity index (χ4n) is 2.51. The second kappa shape index (κ2) is 6.82. The fourth-order valence-corrected chi connectivity index (χ4v) is 2.51. The van der Waals surface area contributed by atoms with E-state index in [4.69, 9.17) is 0 Å². The van der Waals surface area contributed by atoms with Gasteiger partial charge in [0.05, 0.1) is 5.92 Å². The second-order valence-electron chi connectivity index (χ2n) is 5.33. The second-order valence-corrected chi connectivity index (χ2v) is 5.33. The van der Waals surface area contributed by atoms with E-state index in [-0.39, 0.29) is 11.1 Å². The van der Waals surface area contributed by atoms with Gasteiger partial charge in [-0.15, -0.1) is 0 Å². The first-order valence-electron chi connectivity index (χ1n) is 7.22. The molecule has 7 heteroatoms. The Hall–Kier alpha value is -2.83. The van der Waals surface area contributed by atoms with Gasteiger partial charge in [0.15, 0.2) is 23.3 Å². The minimum absolute atomic E-state index is 0.0128. The molecule has 0 atom stereocenters. The fraction of sp³-hybridized carbons (Fsp3) is 0. The molecular formula is C19H8F7. The van der Waals surface area contributed by atoms with Crippen molar-refractivity contribution in [3.8, 4) is 0 Å². The lowest BCUT2D eigenvalue weighted by atomic mass is 9.84. The van der Waals surface area contributed by atoms with Crippen molar-refractivity contribution >= 4 is 0 Å². The van der Waals surface area contributed by atoms with Crippen LogP contribution in [0.4, 0.5) is 30.7 Å². The number of hydrogen-bond donors (Lipinski definition) is 0. The van der Waals surface area contributed by atoms with Crippen LogP contribution >= 0.6 is 0 Å². The third kappa shape index (κ3) is 3.05. The SMILES string of the molecule is Fc1ccc([C](c2ccc(F)cc2)c2c(F)c(F)c(F)c(F)c2F)cc1. The Labute approximate surface area is 143 Å². The average Bonchev–Trinajstić information content (AvgIpc) is 2.64. The van der Waals surface area contributed by atoms with E-state index >= 15 is 0 Å². The molecule has 26 heavy (non-hydrogen) atoms. The molecule has 3 aromatic rings. The smallest absolute Gasteiger partial charge is 0.200 e. The highest BCUT2D eigenvalue weighted by Gasteiger charge is 2.32. The molecule has 0 aliphatic heterocycles. The van der Waals surface area contributed by atoms with Gasteiger partial charge in [0.25, 0.3) is 0 Å². The van der Waals surface area contributed by atoms with Crippen LogP contribution in [0.3, 0.4) is 0 Å². The van der Waals surface area contributed by atoms with E-state index in [9.17, 15) is 30.7 Å². The van der Waals surface area contributed by atoms with Crippen LogP contribution in [0.15, 0.2) is 48.5 Å². The van der Waals surface area contributed by atoms with Crippen molar-refractivity contribution in [3.63, 3.8) is 0 Å². The standard InChI is InChI=1S/C19H8F7/c20-11-5-1-9(2-6-11)13(10-3-7-12(21)8-4-10)14-15(22)17(24)19(26)18(25)16(14)23/h1-8H. The normalized spacial score (nSPS) is 11.2. The molecule has 0 saturated carbocycles. The van der Waals surface area contributed by atoms with Crippen LogP contribution in [0, 0.1) is 46.6 Å². The highest BCUT2D eigenvalue weighted by molar-refractivity contribution is 5.58. The summed E-state index contributed by atoms with van der Waals surface area (Å²) < 4.78 is 95.5. The van der Waals surface area contributed by atoms with E-state index < -0.39 is 52.2 Å². The largest absolute Gasteiger partial charge is 0.207 e. The van der Waals surface area contributed by atoms with Crippen LogP contribution in [0.1, 0.15) is 16.7 Å². The average molecular weight is 369 g/mol. The molecule has 0 bridgehead atoms. The molecule has 3 rings (SSSR count). The van der Waals surface area contributed by atoms with Gasteiger partial charge in [-0.25, -0.2) is 30.7 Å². The maximum Gasteiger partial charge on any atom is 0.200 e. The minimum Gasteiger partial charge on any atom is -0.207 e. The van der Waals surface area contributed by atoms with Gasteiger partial charge in [-0.2, -0.15) is 0 Å². The Morgan fingerprint density at radius 2 is 0.731 bits per heavy atom. The van der Waals surface area contributed by atoms with E-state index in [1.807, 2.05) is 0 Å². The monoisotopic (exact) mass is 369 g/mol. The topological polar surface area (TPSA) is 0 Å². The third-order valence-corrected chi connectivity index (χ3v) is 3.73. The Bertz CT molecular complexity index is 873. The van der Waals surface area contributed by atoms with Crippen LogP contribution in [0.25, 0.3) is 0 Å². The highest BCUT2D eigenvalue weighted by atomic mass is 19.2. The summed E-state index contributed by atoms with van der Waals surface area (Å²) >= 11 is 0. The van der Waals surface area contributed by atoms with Gasteiger partial charge in [0, 0.05) is 5.56 Å². The molecule has 0 saturated heterocycles. The molecule has 0 aliphatic carbocycles. The van der Waals surface area contributed by atoms with Crippen molar-refractivity contribution in [2.45, 2.75) is 0 Å². The summed E-state index contributed by atoms with van der Waals surface area (Å²) in [6.07, 6.45) is 0. The molecule has 0 heterocycles. The van der Waals surface area contributed by atoms with Gasteiger partial charge in [-0.05, 0) is 35.4 Å². The summed E-state index contributed by atoms with van der Waals surface area (Å²) in [5, 5.41) is 0. The Morgan fingerprint density at radius 3 is 1.08 bits per heavy atom. The van der Waals surface area contributed by atoms with Crippen molar-refractivity contribution in [3.05, 3.63) is 112 Å². The lowest BCUT2D eigenvalue weighted by Gasteiger charge is -2.20. The van der Waals surface area contributed by atoms with Gasteiger partial charge in [0.1, 0.15) is 11.6 Å². The first kappa shape index (κ1) is 18.0. The van der Waals surface area contributed by atoms with Crippen LogP contribution in [-0.4, -0.2) is 0 Å². The Kier molecular flexibility index (Phi) is 4.71. The van der Waals surface area contributed by atoms with Gasteiger partial charge in [0.2, 0.25) is 5.82 Å². The van der Waals surface area contributed by atoms with Crippen molar-refractivity contribution in [2.24, 2.45) is 0 Å². The van der Waals surface area contributed by atoms with E-state index in [2.05, 4.69) is 0 Å². The quantitative estimate of drug-likeness (QED) is 0.241. The van der Waals surface area contributed by atoms with Gasteiger partial charge < -0.3 is 0 Å². The number of benzene rings is 3. The van der Waals surface area contributed by atoms with Crippen LogP contribution in [0.2, 0.25) is 0 Å². The predicted molar refractivity (Wildman–Crippen MR) is 79.6 cm³/mol. The van der Waals surface area contributed by atoms with Crippen molar-refractivity contribution in [1.82, 2.24) is 0 Å². The van der Waals surface area contributed by atoms with Crippen molar-refractivity contribution in [2.75, 3.05) is 0 Å². The molecule has 0 N–H and O–H groups in total. The third-order valence-electron chi connectivity index (χ3n) is 3.73. The summed E-state index contributed by atoms with van der Waals surface area (Å²) in [7, 11) is 0. The summed E-state index contributed by atoms with van der Waals surface area (Å²) in [4.78, 5) is 0. The number of halogens is 7. The molecule has 0 aliphatic rings. The zero-order chi connectivity index (χ0) is 19.0. The molecule has 133 valence electrons. The van der Waals surface area contributed by atoms with Crippen LogP contribution < -0.4 is 0 Å². The van der Waals surface area contributed by atoms with Gasteiger partial charge in [-0.3, -0.25) is 0 Å². The summed E-state index contributed by atoms with van der Waals surface area (Å²) in [6, 6.07) is 8.32. The first-order valence-corrected chi connectivity index (χ1v) is 7.22.